The molecule has 2 aromatic carbocycles. The Morgan fingerprint density at radius 3 is 2.69 bits per heavy atom. The predicted molar refractivity (Wildman–Crippen MR) is 106 cm³/mol. The fourth-order valence-electron chi connectivity index (χ4n) is 3.87. The molecule has 8 heteroatoms. The van der Waals surface area contributed by atoms with E-state index in [0.717, 1.165) is 0 Å². The molecule has 152 valence electrons. The minimum Gasteiger partial charge on any atom is -0.457 e. The highest BCUT2D eigenvalue weighted by molar-refractivity contribution is 5.91. The van der Waals surface area contributed by atoms with Crippen LogP contribution >= 0.6 is 0 Å². The maximum absolute atomic E-state index is 15.3. The first-order valence-corrected chi connectivity index (χ1v) is 9.56. The van der Waals surface area contributed by atoms with Crippen LogP contribution in [0.3, 0.4) is 0 Å². The molecule has 2 unspecified atom stereocenters. The number of rotatable bonds is 3. The molecule has 0 saturated heterocycles. The Kier molecular flexibility index (Phi) is 5.08. The lowest BCUT2D eigenvalue weighted by Gasteiger charge is -2.35. The molecule has 4 rings (SSSR count). The van der Waals surface area contributed by atoms with Gasteiger partial charge < -0.3 is 9.47 Å². The van der Waals surface area contributed by atoms with Crippen molar-refractivity contribution in [2.75, 3.05) is 25.6 Å². The van der Waals surface area contributed by atoms with Crippen molar-refractivity contribution in [3.8, 4) is 11.5 Å². The minimum atomic E-state index is -0.587. The third-order valence-corrected chi connectivity index (χ3v) is 5.30. The van der Waals surface area contributed by atoms with Gasteiger partial charge in [-0.05, 0) is 38.0 Å². The van der Waals surface area contributed by atoms with E-state index >= 15 is 4.39 Å². The first kappa shape index (κ1) is 19.2. The Morgan fingerprint density at radius 2 is 2.03 bits per heavy atom. The van der Waals surface area contributed by atoms with E-state index in [1.165, 1.54) is 18.1 Å². The van der Waals surface area contributed by atoms with Gasteiger partial charge in [-0.25, -0.2) is 9.18 Å². The van der Waals surface area contributed by atoms with E-state index in [0.29, 0.717) is 42.0 Å². The number of hydrogen-bond donors (Lipinski definition) is 0. The summed E-state index contributed by atoms with van der Waals surface area (Å²) in [5.74, 6) is 0.679. The summed E-state index contributed by atoms with van der Waals surface area (Å²) < 4.78 is 26.5. The van der Waals surface area contributed by atoms with E-state index in [2.05, 4.69) is 10.3 Å². The monoisotopic (exact) mass is 398 g/mol. The number of hydrogen-bond acceptors (Lipinski definition) is 6. The third kappa shape index (κ3) is 3.50. The van der Waals surface area contributed by atoms with E-state index in [1.807, 2.05) is 44.3 Å². The van der Waals surface area contributed by atoms with Crippen molar-refractivity contribution in [3.05, 3.63) is 53.3 Å². The number of nitrogens with zero attached hydrogens (tertiary/aromatic N) is 4. The smallest absolute Gasteiger partial charge is 0.414 e. The second-order valence-corrected chi connectivity index (χ2v) is 7.31. The molecule has 2 atom stereocenters. The van der Waals surface area contributed by atoms with Crippen molar-refractivity contribution in [3.63, 3.8) is 0 Å². The molecule has 0 saturated carbocycles. The van der Waals surface area contributed by atoms with E-state index in [-0.39, 0.29) is 17.8 Å². The van der Waals surface area contributed by atoms with Crippen molar-refractivity contribution in [1.82, 2.24) is 5.01 Å². The van der Waals surface area contributed by atoms with Crippen molar-refractivity contribution in [2.45, 2.75) is 31.8 Å². The molecule has 0 fully saturated rings. The fraction of sp³-hybridized carbons (Fsp3) is 0.381. The van der Waals surface area contributed by atoms with Crippen molar-refractivity contribution < 1.29 is 18.7 Å². The van der Waals surface area contributed by atoms with E-state index < -0.39 is 11.9 Å². The number of ether oxygens (including phenoxy) is 2. The highest BCUT2D eigenvalue weighted by atomic mass is 19.1. The second-order valence-electron chi connectivity index (χ2n) is 7.31. The van der Waals surface area contributed by atoms with Crippen LogP contribution in [-0.4, -0.2) is 37.8 Å². The molecule has 0 radical (unpaired) electrons. The number of para-hydroxylation sites is 1. The van der Waals surface area contributed by atoms with Gasteiger partial charge in [-0.3, -0.25) is 9.91 Å². The van der Waals surface area contributed by atoms with E-state index in [9.17, 15) is 4.79 Å². The summed E-state index contributed by atoms with van der Waals surface area (Å²) in [5, 5.41) is 10.0. The molecule has 0 aromatic heterocycles. The van der Waals surface area contributed by atoms with Gasteiger partial charge in [0, 0.05) is 24.2 Å². The maximum atomic E-state index is 15.3. The zero-order valence-corrected chi connectivity index (χ0v) is 16.6. The lowest BCUT2D eigenvalue weighted by molar-refractivity contribution is 0.175. The van der Waals surface area contributed by atoms with Gasteiger partial charge in [0.1, 0.15) is 23.4 Å². The van der Waals surface area contributed by atoms with Gasteiger partial charge in [0.15, 0.2) is 0 Å². The van der Waals surface area contributed by atoms with Gasteiger partial charge in [0.05, 0.1) is 19.3 Å². The Balaban J connectivity index is 1.88. The first-order chi connectivity index (χ1) is 14.0. The fourth-order valence-corrected chi connectivity index (χ4v) is 3.87. The highest BCUT2D eigenvalue weighted by Gasteiger charge is 2.37. The average molecular weight is 398 g/mol. The molecule has 7 nitrogen and oxygen atoms in total. The van der Waals surface area contributed by atoms with Crippen LogP contribution in [0.2, 0.25) is 0 Å². The predicted octanol–water partition coefficient (Wildman–Crippen LogP) is 4.88. The quantitative estimate of drug-likeness (QED) is 0.739. The van der Waals surface area contributed by atoms with Crippen molar-refractivity contribution in [1.29, 1.82) is 0 Å². The number of halogens is 1. The van der Waals surface area contributed by atoms with E-state index in [4.69, 9.17) is 9.47 Å². The van der Waals surface area contributed by atoms with Crippen LogP contribution in [0.5, 0.6) is 11.5 Å². The summed E-state index contributed by atoms with van der Waals surface area (Å²) in [6.45, 7) is 2.41. The third-order valence-electron chi connectivity index (χ3n) is 5.30. The lowest BCUT2D eigenvalue weighted by atomic mass is 9.91. The van der Waals surface area contributed by atoms with Gasteiger partial charge >= 0.3 is 6.09 Å². The minimum absolute atomic E-state index is 0.183. The Labute approximate surface area is 168 Å². The number of fused-ring (bicyclic) bond motifs is 1. The van der Waals surface area contributed by atoms with Gasteiger partial charge in [0.25, 0.3) is 0 Å². The number of benzene rings is 2. The largest absolute Gasteiger partial charge is 0.457 e. The number of carbonyl (C=O) groups excluding carboxylic acids is 1. The number of anilines is 1. The average Bonchev–Trinajstić information content (AvgIpc) is 3.16. The molecule has 29 heavy (non-hydrogen) atoms. The Bertz CT molecular complexity index is 951. The summed E-state index contributed by atoms with van der Waals surface area (Å²) >= 11 is 0. The molecular weight excluding hydrogens is 375 g/mol. The number of amides is 1. The molecule has 0 aliphatic carbocycles. The molecule has 0 bridgehead atoms. The summed E-state index contributed by atoms with van der Waals surface area (Å²) in [6, 6.07) is 10.2. The van der Waals surface area contributed by atoms with Crippen LogP contribution < -0.4 is 9.64 Å². The lowest BCUT2D eigenvalue weighted by Crippen LogP contribution is -2.43. The van der Waals surface area contributed by atoms with E-state index in [1.54, 1.807) is 5.01 Å². The molecule has 2 aromatic rings. The standard InChI is InChI=1S/C21H23FN4O3/c1-13-9-10-15-19(26(13)21(27)28-3)17(22)11-16(18-12-25(2)24-23-18)20(15)29-14-7-5-4-6-8-14/h4-8,11,13,18H,9-10,12H2,1-3H3. The summed E-state index contributed by atoms with van der Waals surface area (Å²) in [4.78, 5) is 13.8. The number of methoxy groups -OCH3 is 1. The van der Waals surface area contributed by atoms with Gasteiger partial charge in [-0.2, -0.15) is 5.11 Å². The Morgan fingerprint density at radius 1 is 1.28 bits per heavy atom. The molecule has 0 N–H and O–H groups in total. The SMILES string of the molecule is COC(=O)N1c2c(F)cc(C3CN(C)N=N3)c(Oc3ccccc3)c2CCC1C. The number of likely N-dealkylation sites (N-methyl/N-ethyl adjacent to an activating group) is 1. The molecular formula is C21H23FN4O3. The molecule has 2 aliphatic heterocycles. The van der Waals surface area contributed by atoms with Gasteiger partial charge in [-0.15, -0.1) is 0 Å². The molecule has 1 amide bonds. The van der Waals surface area contributed by atoms with Gasteiger partial charge in [-0.1, -0.05) is 23.4 Å². The topological polar surface area (TPSA) is 66.7 Å². The molecule has 0 spiro atoms. The van der Waals surface area contributed by atoms with Crippen LogP contribution in [0.25, 0.3) is 0 Å². The van der Waals surface area contributed by atoms with Crippen LogP contribution in [-0.2, 0) is 11.2 Å². The highest BCUT2D eigenvalue weighted by Crippen LogP contribution is 2.46. The summed E-state index contributed by atoms with van der Waals surface area (Å²) in [7, 11) is 3.11. The van der Waals surface area contributed by atoms with Crippen molar-refractivity contribution >= 4 is 11.8 Å². The van der Waals surface area contributed by atoms with Crippen LogP contribution in [0.1, 0.15) is 30.5 Å². The van der Waals surface area contributed by atoms with Gasteiger partial charge in [0.2, 0.25) is 0 Å². The first-order valence-electron chi connectivity index (χ1n) is 9.56. The van der Waals surface area contributed by atoms with Crippen LogP contribution in [0.4, 0.5) is 14.9 Å². The summed E-state index contributed by atoms with van der Waals surface area (Å²) in [6.07, 6.45) is 0.662. The maximum Gasteiger partial charge on any atom is 0.414 e. The van der Waals surface area contributed by atoms with Crippen LogP contribution in [0.15, 0.2) is 46.7 Å². The Hall–Kier alpha value is -3.16. The number of carbonyl (C=O) groups is 1. The zero-order chi connectivity index (χ0) is 20.5. The summed E-state index contributed by atoms with van der Waals surface area (Å²) in [5.41, 5.74) is 1.49. The molecule has 2 heterocycles. The normalized spacial score (nSPS) is 20.6. The zero-order valence-electron chi connectivity index (χ0n) is 16.6. The molecule has 2 aliphatic rings. The second kappa shape index (κ2) is 7.69. The van der Waals surface area contributed by atoms with Crippen molar-refractivity contribution in [2.24, 2.45) is 10.3 Å². The van der Waals surface area contributed by atoms with Crippen LogP contribution in [0, 0.1) is 5.82 Å².